The number of hydrogen-bond donors (Lipinski definition) is 2. The minimum atomic E-state index is -0.0634. The van der Waals surface area contributed by atoms with E-state index in [2.05, 4.69) is 10.6 Å². The van der Waals surface area contributed by atoms with Crippen molar-refractivity contribution in [2.75, 3.05) is 31.1 Å². The number of methoxy groups -OCH3 is 1. The molecule has 0 unspecified atom stereocenters. The molecule has 2 aromatic rings. The molecule has 1 heterocycles. The summed E-state index contributed by atoms with van der Waals surface area (Å²) in [6.45, 7) is 0.775. The van der Waals surface area contributed by atoms with Crippen molar-refractivity contribution >= 4 is 17.3 Å². The largest absolute Gasteiger partial charge is 0.497 e. The van der Waals surface area contributed by atoms with Crippen LogP contribution in [0.5, 0.6) is 17.2 Å². The lowest BCUT2D eigenvalue weighted by atomic mass is 10.2. The minimum absolute atomic E-state index is 0.0634. The van der Waals surface area contributed by atoms with Gasteiger partial charge in [-0.05, 0) is 24.3 Å². The van der Waals surface area contributed by atoms with Crippen molar-refractivity contribution in [1.82, 2.24) is 0 Å². The first-order valence-corrected chi connectivity index (χ1v) is 7.32. The van der Waals surface area contributed by atoms with Crippen molar-refractivity contribution in [3.63, 3.8) is 0 Å². The fourth-order valence-electron chi connectivity index (χ4n) is 2.25. The molecule has 0 atom stereocenters. The van der Waals surface area contributed by atoms with Crippen LogP contribution in [0.25, 0.3) is 0 Å². The number of rotatable bonds is 6. The SMILES string of the molecule is COc1cccc(NC(=O)CCNc2ccc3c(c2)OCO3)c1. The maximum absolute atomic E-state index is 12.0. The Hall–Kier alpha value is -2.89. The van der Waals surface area contributed by atoms with Crippen LogP contribution in [0.15, 0.2) is 42.5 Å². The van der Waals surface area contributed by atoms with Crippen LogP contribution in [0.1, 0.15) is 6.42 Å². The van der Waals surface area contributed by atoms with E-state index in [0.29, 0.717) is 18.7 Å². The summed E-state index contributed by atoms with van der Waals surface area (Å²) in [6, 6.07) is 12.9. The summed E-state index contributed by atoms with van der Waals surface area (Å²) in [5.41, 5.74) is 1.61. The molecule has 1 aliphatic rings. The number of benzene rings is 2. The molecule has 0 aliphatic carbocycles. The van der Waals surface area contributed by atoms with Crippen molar-refractivity contribution in [3.05, 3.63) is 42.5 Å². The zero-order valence-corrected chi connectivity index (χ0v) is 12.8. The van der Waals surface area contributed by atoms with E-state index in [4.69, 9.17) is 14.2 Å². The normalized spacial score (nSPS) is 11.9. The number of carbonyl (C=O) groups excluding carboxylic acids is 1. The lowest BCUT2D eigenvalue weighted by Gasteiger charge is -2.09. The molecule has 6 nitrogen and oxygen atoms in total. The van der Waals surface area contributed by atoms with Gasteiger partial charge in [0.1, 0.15) is 5.75 Å². The number of ether oxygens (including phenoxy) is 3. The predicted molar refractivity (Wildman–Crippen MR) is 87.3 cm³/mol. The molecule has 2 N–H and O–H groups in total. The smallest absolute Gasteiger partial charge is 0.231 e. The third kappa shape index (κ3) is 3.85. The molecule has 0 spiro atoms. The molecule has 1 aliphatic heterocycles. The molecule has 0 bridgehead atoms. The Balaban J connectivity index is 1.47. The molecule has 0 saturated heterocycles. The standard InChI is InChI=1S/C17H18N2O4/c1-21-14-4-2-3-13(9-14)19-17(20)7-8-18-12-5-6-15-16(10-12)23-11-22-15/h2-6,9-10,18H,7-8,11H2,1H3,(H,19,20). The van der Waals surface area contributed by atoms with Gasteiger partial charge in [0.05, 0.1) is 7.11 Å². The number of nitrogens with one attached hydrogen (secondary N) is 2. The van der Waals surface area contributed by atoms with Gasteiger partial charge in [-0.1, -0.05) is 6.07 Å². The van der Waals surface area contributed by atoms with E-state index in [1.165, 1.54) is 0 Å². The highest BCUT2D eigenvalue weighted by molar-refractivity contribution is 5.91. The van der Waals surface area contributed by atoms with Gasteiger partial charge in [0, 0.05) is 36.5 Å². The van der Waals surface area contributed by atoms with Gasteiger partial charge in [-0.3, -0.25) is 4.79 Å². The fourth-order valence-corrected chi connectivity index (χ4v) is 2.25. The Labute approximate surface area is 134 Å². The van der Waals surface area contributed by atoms with Crippen molar-refractivity contribution in [1.29, 1.82) is 0 Å². The Morgan fingerprint density at radius 1 is 1.13 bits per heavy atom. The average molecular weight is 314 g/mol. The third-order valence-corrected chi connectivity index (χ3v) is 3.41. The zero-order chi connectivity index (χ0) is 16.1. The van der Waals surface area contributed by atoms with E-state index in [9.17, 15) is 4.79 Å². The van der Waals surface area contributed by atoms with Crippen LogP contribution in [-0.2, 0) is 4.79 Å². The molecule has 0 radical (unpaired) electrons. The Morgan fingerprint density at radius 2 is 2.00 bits per heavy atom. The molecule has 120 valence electrons. The Kier molecular flexibility index (Phi) is 4.52. The van der Waals surface area contributed by atoms with E-state index in [1.807, 2.05) is 36.4 Å². The maximum atomic E-state index is 12.0. The van der Waals surface area contributed by atoms with Crippen LogP contribution in [0.3, 0.4) is 0 Å². The molecule has 0 saturated carbocycles. The molecule has 0 fully saturated rings. The summed E-state index contributed by atoms with van der Waals surface area (Å²) in [4.78, 5) is 12.0. The summed E-state index contributed by atoms with van der Waals surface area (Å²) in [5, 5.41) is 6.03. The third-order valence-electron chi connectivity index (χ3n) is 3.41. The van der Waals surface area contributed by atoms with Crippen LogP contribution in [-0.4, -0.2) is 26.4 Å². The van der Waals surface area contributed by atoms with Crippen LogP contribution < -0.4 is 24.8 Å². The summed E-state index contributed by atoms with van der Waals surface area (Å²) in [6.07, 6.45) is 0.353. The molecule has 0 aromatic heterocycles. The van der Waals surface area contributed by atoms with Crippen molar-refractivity contribution in [3.8, 4) is 17.2 Å². The monoisotopic (exact) mass is 314 g/mol. The van der Waals surface area contributed by atoms with E-state index >= 15 is 0 Å². The van der Waals surface area contributed by atoms with Gasteiger partial charge >= 0.3 is 0 Å². The topological polar surface area (TPSA) is 68.8 Å². The molecule has 23 heavy (non-hydrogen) atoms. The van der Waals surface area contributed by atoms with Gasteiger partial charge in [-0.25, -0.2) is 0 Å². The van der Waals surface area contributed by atoms with E-state index in [1.54, 1.807) is 13.2 Å². The number of amides is 1. The zero-order valence-electron chi connectivity index (χ0n) is 12.8. The number of anilines is 2. The van der Waals surface area contributed by atoms with Gasteiger partial charge < -0.3 is 24.8 Å². The van der Waals surface area contributed by atoms with Crippen LogP contribution in [0.2, 0.25) is 0 Å². The van der Waals surface area contributed by atoms with Crippen molar-refractivity contribution in [2.45, 2.75) is 6.42 Å². The molecular formula is C17H18N2O4. The molecule has 1 amide bonds. The van der Waals surface area contributed by atoms with Gasteiger partial charge in [-0.15, -0.1) is 0 Å². The minimum Gasteiger partial charge on any atom is -0.497 e. The highest BCUT2D eigenvalue weighted by atomic mass is 16.7. The summed E-state index contributed by atoms with van der Waals surface area (Å²) in [5.74, 6) is 2.11. The second-order valence-electron chi connectivity index (χ2n) is 5.02. The summed E-state index contributed by atoms with van der Waals surface area (Å²) in [7, 11) is 1.59. The summed E-state index contributed by atoms with van der Waals surface area (Å²) < 4.78 is 15.7. The molecular weight excluding hydrogens is 296 g/mol. The van der Waals surface area contributed by atoms with Gasteiger partial charge in [0.2, 0.25) is 12.7 Å². The predicted octanol–water partition coefficient (Wildman–Crippen LogP) is 2.86. The average Bonchev–Trinajstić information content (AvgIpc) is 3.02. The van der Waals surface area contributed by atoms with E-state index < -0.39 is 0 Å². The van der Waals surface area contributed by atoms with Crippen molar-refractivity contribution in [2.24, 2.45) is 0 Å². The second kappa shape index (κ2) is 6.91. The maximum Gasteiger partial charge on any atom is 0.231 e. The number of carbonyl (C=O) groups is 1. The quantitative estimate of drug-likeness (QED) is 0.858. The van der Waals surface area contributed by atoms with Crippen LogP contribution in [0, 0.1) is 0 Å². The Bertz CT molecular complexity index is 703. The fraction of sp³-hybridized carbons (Fsp3) is 0.235. The number of fused-ring (bicyclic) bond motifs is 1. The lowest BCUT2D eigenvalue weighted by molar-refractivity contribution is -0.115. The van der Waals surface area contributed by atoms with Gasteiger partial charge in [0.15, 0.2) is 11.5 Å². The molecule has 6 heteroatoms. The Morgan fingerprint density at radius 3 is 2.87 bits per heavy atom. The van der Waals surface area contributed by atoms with E-state index in [0.717, 1.165) is 22.9 Å². The first kappa shape index (κ1) is 15.0. The number of hydrogen-bond acceptors (Lipinski definition) is 5. The molecule has 3 rings (SSSR count). The van der Waals surface area contributed by atoms with E-state index in [-0.39, 0.29) is 12.7 Å². The van der Waals surface area contributed by atoms with Crippen molar-refractivity contribution < 1.29 is 19.0 Å². The molecule has 2 aromatic carbocycles. The highest BCUT2D eigenvalue weighted by Gasteiger charge is 2.13. The van der Waals surface area contributed by atoms with Crippen LogP contribution >= 0.6 is 0 Å². The van der Waals surface area contributed by atoms with Gasteiger partial charge in [0.25, 0.3) is 0 Å². The first-order valence-electron chi connectivity index (χ1n) is 7.32. The highest BCUT2D eigenvalue weighted by Crippen LogP contribution is 2.34. The lowest BCUT2D eigenvalue weighted by Crippen LogP contribution is -2.16. The summed E-state index contributed by atoms with van der Waals surface area (Å²) >= 11 is 0. The van der Waals surface area contributed by atoms with Crippen LogP contribution in [0.4, 0.5) is 11.4 Å². The first-order chi connectivity index (χ1) is 11.2. The van der Waals surface area contributed by atoms with Gasteiger partial charge in [-0.2, -0.15) is 0 Å². The second-order valence-corrected chi connectivity index (χ2v) is 5.02.